The molecule has 1 heterocycles. The van der Waals surface area contributed by atoms with E-state index in [0.29, 0.717) is 5.92 Å². The number of likely N-dealkylation sites (tertiary alicyclic amines) is 1. The van der Waals surface area contributed by atoms with Crippen LogP contribution in [0.3, 0.4) is 0 Å². The van der Waals surface area contributed by atoms with Crippen molar-refractivity contribution in [1.82, 2.24) is 15.5 Å². The van der Waals surface area contributed by atoms with Crippen LogP contribution >= 0.6 is 0 Å². The Morgan fingerprint density at radius 2 is 1.76 bits per heavy atom. The fourth-order valence-electron chi connectivity index (χ4n) is 2.61. The number of nitrogens with zero attached hydrogens (tertiary/aromatic N) is 1. The van der Waals surface area contributed by atoms with Crippen LogP contribution in [0, 0.1) is 11.8 Å². The molecule has 1 amide bonds. The number of piperidine rings is 1. The number of nitrogens with one attached hydrogen (secondary N) is 2. The molecule has 1 unspecified atom stereocenters. The molecule has 4 heteroatoms. The van der Waals surface area contributed by atoms with E-state index < -0.39 is 0 Å². The van der Waals surface area contributed by atoms with Crippen molar-refractivity contribution in [3.05, 3.63) is 0 Å². The standard InChI is InChI=1S/C17H35N3O/c1-13(2)11-18-16(21)14(3)20-9-7-15(8-10-20)12-19-17(4,5)6/h13-15,19H,7-12H2,1-6H3,(H,18,21). The second-order valence-electron chi connectivity index (χ2n) is 7.93. The topological polar surface area (TPSA) is 44.4 Å². The molecule has 0 radical (unpaired) electrons. The van der Waals surface area contributed by atoms with Gasteiger partial charge in [0, 0.05) is 12.1 Å². The zero-order valence-corrected chi connectivity index (χ0v) is 14.8. The molecule has 1 rings (SSSR count). The SMILES string of the molecule is CC(C)CNC(=O)C(C)N1CCC(CNC(C)(C)C)CC1. The smallest absolute Gasteiger partial charge is 0.237 e. The maximum atomic E-state index is 12.1. The number of carbonyl (C=O) groups is 1. The largest absolute Gasteiger partial charge is 0.354 e. The first-order valence-electron chi connectivity index (χ1n) is 8.46. The minimum Gasteiger partial charge on any atom is -0.354 e. The summed E-state index contributed by atoms with van der Waals surface area (Å²) >= 11 is 0. The normalized spacial score (nSPS) is 19.8. The average molecular weight is 297 g/mol. The zero-order chi connectivity index (χ0) is 16.0. The highest BCUT2D eigenvalue weighted by atomic mass is 16.2. The number of carbonyl (C=O) groups excluding carboxylic acids is 1. The molecule has 0 saturated carbocycles. The highest BCUT2D eigenvalue weighted by Crippen LogP contribution is 2.19. The summed E-state index contributed by atoms with van der Waals surface area (Å²) in [6, 6.07) is 0.000255. The summed E-state index contributed by atoms with van der Waals surface area (Å²) in [7, 11) is 0. The minimum atomic E-state index is 0.000255. The Bertz CT molecular complexity index is 314. The minimum absolute atomic E-state index is 0.000255. The van der Waals surface area contributed by atoms with E-state index in [1.807, 2.05) is 6.92 Å². The van der Waals surface area contributed by atoms with Gasteiger partial charge < -0.3 is 10.6 Å². The van der Waals surface area contributed by atoms with Crippen LogP contribution in [-0.2, 0) is 4.79 Å². The number of rotatable bonds is 6. The van der Waals surface area contributed by atoms with Gasteiger partial charge in [0.15, 0.2) is 0 Å². The molecular formula is C17H35N3O. The molecule has 0 aliphatic carbocycles. The van der Waals surface area contributed by atoms with E-state index in [1.54, 1.807) is 0 Å². The molecule has 0 aromatic heterocycles. The van der Waals surface area contributed by atoms with E-state index in [-0.39, 0.29) is 17.5 Å². The van der Waals surface area contributed by atoms with Gasteiger partial charge in [-0.1, -0.05) is 13.8 Å². The van der Waals surface area contributed by atoms with Crippen molar-refractivity contribution < 1.29 is 4.79 Å². The Balaban J connectivity index is 2.30. The lowest BCUT2D eigenvalue weighted by atomic mass is 9.94. The molecule has 1 aliphatic heterocycles. The van der Waals surface area contributed by atoms with Crippen molar-refractivity contribution in [2.45, 2.75) is 66.0 Å². The summed E-state index contributed by atoms with van der Waals surface area (Å²) < 4.78 is 0. The summed E-state index contributed by atoms with van der Waals surface area (Å²) in [6.07, 6.45) is 2.37. The highest BCUT2D eigenvalue weighted by Gasteiger charge is 2.26. The van der Waals surface area contributed by atoms with Crippen molar-refractivity contribution in [2.24, 2.45) is 11.8 Å². The first-order valence-corrected chi connectivity index (χ1v) is 8.46. The highest BCUT2D eigenvalue weighted by molar-refractivity contribution is 5.81. The number of hydrogen-bond acceptors (Lipinski definition) is 3. The predicted molar refractivity (Wildman–Crippen MR) is 89.4 cm³/mol. The third-order valence-electron chi connectivity index (χ3n) is 4.18. The van der Waals surface area contributed by atoms with Crippen molar-refractivity contribution in [3.63, 3.8) is 0 Å². The monoisotopic (exact) mass is 297 g/mol. The Morgan fingerprint density at radius 1 is 1.19 bits per heavy atom. The van der Waals surface area contributed by atoms with Gasteiger partial charge in [0.2, 0.25) is 5.91 Å². The molecule has 1 atom stereocenters. The summed E-state index contributed by atoms with van der Waals surface area (Å²) in [5.74, 6) is 1.43. The Kier molecular flexibility index (Phi) is 7.14. The number of amides is 1. The van der Waals surface area contributed by atoms with Crippen molar-refractivity contribution in [3.8, 4) is 0 Å². The second kappa shape index (κ2) is 8.14. The molecule has 1 saturated heterocycles. The summed E-state index contributed by atoms with van der Waals surface area (Å²) in [4.78, 5) is 14.4. The molecule has 0 bridgehead atoms. The molecule has 0 spiro atoms. The van der Waals surface area contributed by atoms with E-state index in [4.69, 9.17) is 0 Å². The summed E-state index contributed by atoms with van der Waals surface area (Å²) in [5, 5.41) is 6.64. The Morgan fingerprint density at radius 3 is 2.24 bits per heavy atom. The van der Waals surface area contributed by atoms with Gasteiger partial charge in [0.25, 0.3) is 0 Å². The third-order valence-corrected chi connectivity index (χ3v) is 4.18. The quantitative estimate of drug-likeness (QED) is 0.790. The van der Waals surface area contributed by atoms with Crippen LogP contribution in [0.2, 0.25) is 0 Å². The molecule has 0 aromatic carbocycles. The van der Waals surface area contributed by atoms with Gasteiger partial charge in [-0.2, -0.15) is 0 Å². The molecule has 21 heavy (non-hydrogen) atoms. The molecule has 124 valence electrons. The van der Waals surface area contributed by atoms with Crippen LogP contribution in [-0.4, -0.2) is 48.6 Å². The van der Waals surface area contributed by atoms with Gasteiger partial charge in [-0.3, -0.25) is 9.69 Å². The van der Waals surface area contributed by atoms with Gasteiger partial charge >= 0.3 is 0 Å². The lowest BCUT2D eigenvalue weighted by Crippen LogP contribution is -2.50. The average Bonchev–Trinajstić information content (AvgIpc) is 2.41. The summed E-state index contributed by atoms with van der Waals surface area (Å²) in [5.41, 5.74) is 0.196. The maximum absolute atomic E-state index is 12.1. The van der Waals surface area contributed by atoms with Crippen molar-refractivity contribution >= 4 is 5.91 Å². The molecule has 4 nitrogen and oxygen atoms in total. The van der Waals surface area contributed by atoms with Crippen LogP contribution in [0.4, 0.5) is 0 Å². The third kappa shape index (κ3) is 7.28. The van der Waals surface area contributed by atoms with E-state index in [9.17, 15) is 4.79 Å². The fraction of sp³-hybridized carbons (Fsp3) is 0.941. The second-order valence-corrected chi connectivity index (χ2v) is 7.93. The first-order chi connectivity index (χ1) is 9.69. The van der Waals surface area contributed by atoms with E-state index in [0.717, 1.165) is 32.1 Å². The van der Waals surface area contributed by atoms with Crippen LogP contribution in [0.1, 0.15) is 54.4 Å². The predicted octanol–water partition coefficient (Wildman–Crippen LogP) is 2.25. The van der Waals surface area contributed by atoms with Gasteiger partial charge in [-0.25, -0.2) is 0 Å². The van der Waals surface area contributed by atoms with Gasteiger partial charge in [-0.15, -0.1) is 0 Å². The molecule has 2 N–H and O–H groups in total. The van der Waals surface area contributed by atoms with Crippen LogP contribution in [0.25, 0.3) is 0 Å². The fourth-order valence-corrected chi connectivity index (χ4v) is 2.61. The Labute approximate surface area is 131 Å². The molecule has 0 aromatic rings. The van der Waals surface area contributed by atoms with E-state index in [2.05, 4.69) is 50.2 Å². The molecular weight excluding hydrogens is 262 g/mol. The number of hydrogen-bond donors (Lipinski definition) is 2. The van der Waals surface area contributed by atoms with Gasteiger partial charge in [0.1, 0.15) is 0 Å². The van der Waals surface area contributed by atoms with Crippen molar-refractivity contribution in [1.29, 1.82) is 0 Å². The van der Waals surface area contributed by atoms with Crippen LogP contribution < -0.4 is 10.6 Å². The van der Waals surface area contributed by atoms with Gasteiger partial charge in [0.05, 0.1) is 6.04 Å². The molecule has 1 aliphatic rings. The van der Waals surface area contributed by atoms with Gasteiger partial charge in [-0.05, 0) is 72.0 Å². The lowest BCUT2D eigenvalue weighted by Gasteiger charge is -2.36. The van der Waals surface area contributed by atoms with Crippen LogP contribution in [0.5, 0.6) is 0 Å². The van der Waals surface area contributed by atoms with Crippen LogP contribution in [0.15, 0.2) is 0 Å². The first kappa shape index (κ1) is 18.4. The lowest BCUT2D eigenvalue weighted by molar-refractivity contribution is -0.126. The Hall–Kier alpha value is -0.610. The summed E-state index contributed by atoms with van der Waals surface area (Å²) in [6.45, 7) is 16.8. The van der Waals surface area contributed by atoms with E-state index >= 15 is 0 Å². The zero-order valence-electron chi connectivity index (χ0n) is 14.8. The van der Waals surface area contributed by atoms with Crippen molar-refractivity contribution in [2.75, 3.05) is 26.2 Å². The molecule has 1 fully saturated rings. The van der Waals surface area contributed by atoms with E-state index in [1.165, 1.54) is 12.8 Å². The maximum Gasteiger partial charge on any atom is 0.237 e.